The zero-order chi connectivity index (χ0) is 19.8. The predicted octanol–water partition coefficient (Wildman–Crippen LogP) is 4.24. The third kappa shape index (κ3) is 5.41. The van der Waals surface area contributed by atoms with E-state index in [-0.39, 0.29) is 11.8 Å². The number of amides is 2. The molecular weight excluding hydrogens is 374 g/mol. The zero-order valence-corrected chi connectivity index (χ0v) is 15.9. The maximum atomic E-state index is 12.3. The fraction of sp³-hybridized carbons (Fsp3) is 0.136. The van der Waals surface area contributed by atoms with Crippen molar-refractivity contribution in [3.05, 3.63) is 94.8 Å². The zero-order valence-electron chi connectivity index (χ0n) is 15.2. The number of hydrogen-bond donors (Lipinski definition) is 2. The molecule has 2 amide bonds. The Balaban J connectivity index is 1.56. The van der Waals surface area contributed by atoms with Crippen LogP contribution in [0.4, 0.5) is 5.69 Å². The summed E-state index contributed by atoms with van der Waals surface area (Å²) >= 11 is 6.12. The lowest BCUT2D eigenvalue weighted by Gasteiger charge is -2.12. The molecule has 28 heavy (non-hydrogen) atoms. The van der Waals surface area contributed by atoms with Crippen LogP contribution >= 0.6 is 11.6 Å². The largest absolute Gasteiger partial charge is 0.352 e. The second-order valence-corrected chi connectivity index (χ2v) is 6.63. The van der Waals surface area contributed by atoms with Gasteiger partial charge in [0.1, 0.15) is 0 Å². The van der Waals surface area contributed by atoms with Crippen molar-refractivity contribution in [2.45, 2.75) is 19.4 Å². The average molecular weight is 394 g/mol. The quantitative estimate of drug-likeness (QED) is 0.630. The van der Waals surface area contributed by atoms with E-state index < -0.39 is 0 Å². The Bertz CT molecular complexity index is 961. The summed E-state index contributed by atoms with van der Waals surface area (Å²) in [4.78, 5) is 28.5. The first kappa shape index (κ1) is 19.6. The van der Waals surface area contributed by atoms with E-state index in [1.165, 1.54) is 6.20 Å². The highest BCUT2D eigenvalue weighted by atomic mass is 35.5. The molecule has 3 rings (SSSR count). The molecule has 6 heteroatoms. The van der Waals surface area contributed by atoms with Gasteiger partial charge in [0.25, 0.3) is 5.91 Å². The van der Waals surface area contributed by atoms with Gasteiger partial charge in [-0.25, -0.2) is 0 Å². The van der Waals surface area contributed by atoms with Crippen molar-refractivity contribution in [3.8, 4) is 0 Å². The summed E-state index contributed by atoms with van der Waals surface area (Å²) in [5, 5.41) is 6.43. The average Bonchev–Trinajstić information content (AvgIpc) is 2.73. The monoisotopic (exact) mass is 393 g/mol. The number of para-hydroxylation sites is 1. The van der Waals surface area contributed by atoms with Gasteiger partial charge in [-0.1, -0.05) is 48.0 Å². The minimum Gasteiger partial charge on any atom is -0.352 e. The molecule has 0 atom stereocenters. The fourth-order valence-electron chi connectivity index (χ4n) is 2.72. The first-order chi connectivity index (χ1) is 13.6. The normalized spacial score (nSPS) is 10.3. The lowest BCUT2D eigenvalue weighted by atomic mass is 10.1. The molecule has 0 aliphatic rings. The Kier molecular flexibility index (Phi) is 6.76. The van der Waals surface area contributed by atoms with Crippen molar-refractivity contribution in [1.29, 1.82) is 0 Å². The van der Waals surface area contributed by atoms with Crippen LogP contribution in [0.3, 0.4) is 0 Å². The van der Waals surface area contributed by atoms with Gasteiger partial charge in [0, 0.05) is 36.1 Å². The summed E-state index contributed by atoms with van der Waals surface area (Å²) in [6.07, 6.45) is 4.04. The first-order valence-corrected chi connectivity index (χ1v) is 9.30. The third-order valence-corrected chi connectivity index (χ3v) is 4.61. The Morgan fingerprint density at radius 2 is 1.68 bits per heavy atom. The van der Waals surface area contributed by atoms with Crippen LogP contribution in [0.5, 0.6) is 0 Å². The van der Waals surface area contributed by atoms with Crippen LogP contribution in [0.2, 0.25) is 5.02 Å². The molecular formula is C22H20ClN3O2. The summed E-state index contributed by atoms with van der Waals surface area (Å²) in [7, 11) is 0. The molecule has 0 radical (unpaired) electrons. The Hall–Kier alpha value is -3.18. The van der Waals surface area contributed by atoms with Gasteiger partial charge in [0.15, 0.2) is 0 Å². The molecule has 0 saturated heterocycles. The predicted molar refractivity (Wildman–Crippen MR) is 110 cm³/mol. The molecule has 0 saturated carbocycles. The van der Waals surface area contributed by atoms with Crippen LogP contribution < -0.4 is 10.6 Å². The van der Waals surface area contributed by atoms with E-state index >= 15 is 0 Å². The van der Waals surface area contributed by atoms with Gasteiger partial charge < -0.3 is 10.6 Å². The van der Waals surface area contributed by atoms with Gasteiger partial charge in [-0.15, -0.1) is 0 Å². The standard InChI is InChI=1S/C22H20ClN3O2/c23-19-9-3-1-6-16(19)11-12-21(27)25-15-17-7-2-4-10-20(17)26-22(28)18-8-5-13-24-14-18/h1-10,13-14H,11-12,15H2,(H,25,27)(H,26,28). The second kappa shape index (κ2) is 9.67. The number of halogens is 1. The van der Waals surface area contributed by atoms with E-state index in [2.05, 4.69) is 15.6 Å². The van der Waals surface area contributed by atoms with Crippen LogP contribution in [0.15, 0.2) is 73.1 Å². The van der Waals surface area contributed by atoms with Gasteiger partial charge in [-0.2, -0.15) is 0 Å². The highest BCUT2D eigenvalue weighted by molar-refractivity contribution is 6.31. The number of benzene rings is 2. The number of carbonyl (C=O) groups is 2. The Morgan fingerprint density at radius 3 is 2.43 bits per heavy atom. The lowest BCUT2D eigenvalue weighted by Crippen LogP contribution is -2.24. The highest BCUT2D eigenvalue weighted by Crippen LogP contribution is 2.18. The summed E-state index contributed by atoms with van der Waals surface area (Å²) in [6, 6.07) is 18.3. The Labute approximate surface area is 168 Å². The molecule has 0 spiro atoms. The number of hydrogen-bond acceptors (Lipinski definition) is 3. The summed E-state index contributed by atoms with van der Waals surface area (Å²) in [5.74, 6) is -0.320. The number of carbonyl (C=O) groups excluding carboxylic acids is 2. The SMILES string of the molecule is O=C(CCc1ccccc1Cl)NCc1ccccc1NC(=O)c1cccnc1. The highest BCUT2D eigenvalue weighted by Gasteiger charge is 2.10. The molecule has 142 valence electrons. The van der Waals surface area contributed by atoms with E-state index in [4.69, 9.17) is 11.6 Å². The number of nitrogens with zero attached hydrogens (tertiary/aromatic N) is 1. The van der Waals surface area contributed by atoms with Gasteiger partial charge >= 0.3 is 0 Å². The van der Waals surface area contributed by atoms with E-state index in [0.29, 0.717) is 35.7 Å². The molecule has 3 aromatic rings. The van der Waals surface area contributed by atoms with Crippen molar-refractivity contribution in [3.63, 3.8) is 0 Å². The number of aryl methyl sites for hydroxylation is 1. The number of aromatic nitrogens is 1. The topological polar surface area (TPSA) is 71.1 Å². The molecule has 0 aliphatic carbocycles. The number of rotatable bonds is 7. The molecule has 2 N–H and O–H groups in total. The van der Waals surface area contributed by atoms with E-state index in [1.807, 2.05) is 42.5 Å². The first-order valence-electron chi connectivity index (χ1n) is 8.93. The Morgan fingerprint density at radius 1 is 0.929 bits per heavy atom. The van der Waals surface area contributed by atoms with E-state index in [0.717, 1.165) is 11.1 Å². The summed E-state index contributed by atoms with van der Waals surface area (Å²) in [5.41, 5.74) is 2.90. The summed E-state index contributed by atoms with van der Waals surface area (Å²) < 4.78 is 0. The number of nitrogens with one attached hydrogen (secondary N) is 2. The van der Waals surface area contributed by atoms with Crippen molar-refractivity contribution < 1.29 is 9.59 Å². The molecule has 2 aromatic carbocycles. The van der Waals surface area contributed by atoms with Gasteiger partial charge in [0.05, 0.1) is 5.56 Å². The lowest BCUT2D eigenvalue weighted by molar-refractivity contribution is -0.121. The van der Waals surface area contributed by atoms with E-state index in [9.17, 15) is 9.59 Å². The van der Waals surface area contributed by atoms with Crippen molar-refractivity contribution >= 4 is 29.1 Å². The van der Waals surface area contributed by atoms with Crippen LogP contribution in [-0.4, -0.2) is 16.8 Å². The van der Waals surface area contributed by atoms with Gasteiger partial charge in [-0.05, 0) is 41.8 Å². The van der Waals surface area contributed by atoms with Crippen molar-refractivity contribution in [2.75, 3.05) is 5.32 Å². The van der Waals surface area contributed by atoms with Crippen LogP contribution in [0, 0.1) is 0 Å². The maximum Gasteiger partial charge on any atom is 0.257 e. The fourth-order valence-corrected chi connectivity index (χ4v) is 2.95. The second-order valence-electron chi connectivity index (χ2n) is 6.22. The molecule has 0 aliphatic heterocycles. The minimum absolute atomic E-state index is 0.0756. The molecule has 5 nitrogen and oxygen atoms in total. The minimum atomic E-state index is -0.245. The summed E-state index contributed by atoms with van der Waals surface area (Å²) in [6.45, 7) is 0.324. The molecule has 1 aromatic heterocycles. The molecule has 0 fully saturated rings. The number of pyridine rings is 1. The van der Waals surface area contributed by atoms with Crippen LogP contribution in [0.1, 0.15) is 27.9 Å². The molecule has 0 unspecified atom stereocenters. The maximum absolute atomic E-state index is 12.3. The number of anilines is 1. The van der Waals surface area contributed by atoms with Crippen molar-refractivity contribution in [2.24, 2.45) is 0 Å². The molecule has 0 bridgehead atoms. The smallest absolute Gasteiger partial charge is 0.257 e. The molecule has 1 heterocycles. The van der Waals surface area contributed by atoms with E-state index in [1.54, 1.807) is 24.4 Å². The van der Waals surface area contributed by atoms with Crippen LogP contribution in [0.25, 0.3) is 0 Å². The van der Waals surface area contributed by atoms with Crippen LogP contribution in [-0.2, 0) is 17.8 Å². The van der Waals surface area contributed by atoms with Gasteiger partial charge in [0.2, 0.25) is 5.91 Å². The van der Waals surface area contributed by atoms with Crippen molar-refractivity contribution in [1.82, 2.24) is 10.3 Å². The van der Waals surface area contributed by atoms with Gasteiger partial charge in [-0.3, -0.25) is 14.6 Å². The third-order valence-electron chi connectivity index (χ3n) is 4.24.